The van der Waals surface area contributed by atoms with E-state index < -0.39 is 0 Å². The van der Waals surface area contributed by atoms with Crippen molar-refractivity contribution in [2.24, 2.45) is 0 Å². The van der Waals surface area contributed by atoms with E-state index in [0.29, 0.717) is 0 Å². The second kappa shape index (κ2) is 9.89. The summed E-state index contributed by atoms with van der Waals surface area (Å²) in [5.41, 5.74) is 2.29. The highest BCUT2D eigenvalue weighted by Gasteiger charge is 2.27. The fraction of sp³-hybridized carbons (Fsp3) is 0.560. The number of aryl methyl sites for hydroxylation is 2. The first-order chi connectivity index (χ1) is 16.8. The third-order valence-electron chi connectivity index (χ3n) is 7.16. The summed E-state index contributed by atoms with van der Waals surface area (Å²) in [5, 5.41) is 5.21. The fourth-order valence-corrected chi connectivity index (χ4v) is 7.25. The Bertz CT molecular complexity index is 1160. The Balaban J connectivity index is 1.31. The van der Waals surface area contributed by atoms with E-state index in [4.69, 9.17) is 14.7 Å². The number of ether oxygens (including phenoxy) is 1. The number of hydrogen-bond donors (Lipinski definition) is 0. The molecule has 6 rings (SSSR count). The van der Waals surface area contributed by atoms with Crippen molar-refractivity contribution < 1.29 is 9.53 Å². The maximum absolute atomic E-state index is 13.0. The van der Waals surface area contributed by atoms with Crippen molar-refractivity contribution in [1.82, 2.24) is 19.8 Å². The van der Waals surface area contributed by atoms with E-state index in [1.807, 2.05) is 33.1 Å². The first-order valence-electron chi connectivity index (χ1n) is 12.4. The quantitative estimate of drug-likeness (QED) is 0.546. The van der Waals surface area contributed by atoms with Crippen molar-refractivity contribution in [3.05, 3.63) is 38.7 Å². The highest BCUT2D eigenvalue weighted by Crippen LogP contribution is 2.40. The Morgan fingerprint density at radius 3 is 2.74 bits per heavy atom. The van der Waals surface area contributed by atoms with Crippen LogP contribution in [0.15, 0.2) is 16.8 Å². The smallest absolute Gasteiger partial charge is 0.254 e. The van der Waals surface area contributed by atoms with Gasteiger partial charge in [0.15, 0.2) is 0 Å². The Kier molecular flexibility index (Phi) is 6.51. The van der Waals surface area contributed by atoms with Gasteiger partial charge in [0.05, 0.1) is 30.7 Å². The van der Waals surface area contributed by atoms with Gasteiger partial charge in [0.2, 0.25) is 0 Å². The average molecular weight is 498 g/mol. The van der Waals surface area contributed by atoms with Crippen LogP contribution in [0.3, 0.4) is 0 Å². The van der Waals surface area contributed by atoms with Gasteiger partial charge in [-0.05, 0) is 49.1 Å². The molecule has 180 valence electrons. The predicted octanol–water partition coefficient (Wildman–Crippen LogP) is 3.82. The van der Waals surface area contributed by atoms with Crippen LogP contribution in [-0.2, 0) is 24.1 Å². The number of amides is 1. The molecular weight excluding hydrogens is 466 g/mol. The standard InChI is InChI=1S/C25H31N5O2S2/c31-25(18-6-15-33-17-18)30-8-3-7-29(9-10-30)23-22-19-4-1-2-5-20(19)34-24(22)27-21(26-23)16-28-11-13-32-14-12-28/h6,15,17H,1-5,7-14,16H2. The number of carbonyl (C=O) groups is 1. The molecule has 34 heavy (non-hydrogen) atoms. The topological polar surface area (TPSA) is 61.8 Å². The molecule has 1 aliphatic carbocycles. The Labute approximate surface area is 208 Å². The van der Waals surface area contributed by atoms with Crippen LogP contribution in [0.5, 0.6) is 0 Å². The van der Waals surface area contributed by atoms with Crippen LogP contribution in [0, 0.1) is 0 Å². The number of fused-ring (bicyclic) bond motifs is 3. The van der Waals surface area contributed by atoms with Crippen LogP contribution in [0.1, 0.15) is 45.9 Å². The van der Waals surface area contributed by atoms with Crippen molar-refractivity contribution in [2.75, 3.05) is 57.4 Å². The molecule has 0 unspecified atom stereocenters. The summed E-state index contributed by atoms with van der Waals surface area (Å²) in [7, 11) is 0. The third kappa shape index (κ3) is 4.46. The number of thiophene rings is 2. The maximum atomic E-state index is 13.0. The number of hydrogen-bond acceptors (Lipinski definition) is 8. The Morgan fingerprint density at radius 1 is 1.00 bits per heavy atom. The lowest BCUT2D eigenvalue weighted by Gasteiger charge is -2.27. The monoisotopic (exact) mass is 497 g/mol. The van der Waals surface area contributed by atoms with Gasteiger partial charge in [-0.25, -0.2) is 9.97 Å². The molecule has 7 nitrogen and oxygen atoms in total. The molecule has 0 bridgehead atoms. The number of anilines is 1. The van der Waals surface area contributed by atoms with E-state index >= 15 is 0 Å². The molecule has 0 radical (unpaired) electrons. The first-order valence-corrected chi connectivity index (χ1v) is 14.2. The van der Waals surface area contributed by atoms with Gasteiger partial charge in [-0.2, -0.15) is 11.3 Å². The van der Waals surface area contributed by atoms with Crippen LogP contribution in [0.25, 0.3) is 10.2 Å². The van der Waals surface area contributed by atoms with Crippen molar-refractivity contribution in [2.45, 2.75) is 38.6 Å². The van der Waals surface area contributed by atoms with Gasteiger partial charge in [-0.3, -0.25) is 9.69 Å². The van der Waals surface area contributed by atoms with Gasteiger partial charge >= 0.3 is 0 Å². The molecule has 2 saturated heterocycles. The number of nitrogens with zero attached hydrogens (tertiary/aromatic N) is 5. The number of aromatic nitrogens is 2. The number of carbonyl (C=O) groups excluding carboxylic acids is 1. The van der Waals surface area contributed by atoms with Crippen molar-refractivity contribution in [3.63, 3.8) is 0 Å². The van der Waals surface area contributed by atoms with Crippen molar-refractivity contribution >= 4 is 44.6 Å². The molecule has 1 amide bonds. The zero-order valence-electron chi connectivity index (χ0n) is 19.5. The van der Waals surface area contributed by atoms with E-state index in [1.165, 1.54) is 28.7 Å². The molecule has 3 aliphatic rings. The van der Waals surface area contributed by atoms with Crippen LogP contribution < -0.4 is 4.90 Å². The van der Waals surface area contributed by atoms with E-state index in [2.05, 4.69) is 9.80 Å². The zero-order chi connectivity index (χ0) is 22.9. The Morgan fingerprint density at radius 2 is 1.88 bits per heavy atom. The van der Waals surface area contributed by atoms with E-state index in [9.17, 15) is 4.79 Å². The summed E-state index contributed by atoms with van der Waals surface area (Å²) in [5.74, 6) is 2.16. The van der Waals surface area contributed by atoms with Gasteiger partial charge in [0.25, 0.3) is 5.91 Å². The molecule has 0 atom stereocenters. The van der Waals surface area contributed by atoms with Crippen LogP contribution >= 0.6 is 22.7 Å². The number of rotatable bonds is 4. The Hall–Kier alpha value is -2.07. The molecule has 3 aromatic rings. The molecule has 0 aromatic carbocycles. The third-order valence-corrected chi connectivity index (χ3v) is 9.03. The molecule has 0 saturated carbocycles. The second-order valence-electron chi connectivity index (χ2n) is 9.39. The summed E-state index contributed by atoms with van der Waals surface area (Å²) in [6.45, 7) is 7.44. The minimum Gasteiger partial charge on any atom is -0.379 e. The predicted molar refractivity (Wildman–Crippen MR) is 137 cm³/mol. The molecule has 0 spiro atoms. The summed E-state index contributed by atoms with van der Waals surface area (Å²) in [4.78, 5) is 32.7. The summed E-state index contributed by atoms with van der Waals surface area (Å²) in [6, 6.07) is 1.93. The molecule has 2 aliphatic heterocycles. The lowest BCUT2D eigenvalue weighted by atomic mass is 9.97. The van der Waals surface area contributed by atoms with Gasteiger partial charge < -0.3 is 14.5 Å². The lowest BCUT2D eigenvalue weighted by molar-refractivity contribution is 0.0331. The molecule has 2 fully saturated rings. The van der Waals surface area contributed by atoms with Gasteiger partial charge in [-0.1, -0.05) is 0 Å². The van der Waals surface area contributed by atoms with E-state index in [-0.39, 0.29) is 5.91 Å². The highest BCUT2D eigenvalue weighted by atomic mass is 32.1. The minimum absolute atomic E-state index is 0.150. The first kappa shape index (κ1) is 22.4. The largest absolute Gasteiger partial charge is 0.379 e. The van der Waals surface area contributed by atoms with E-state index in [0.717, 1.165) is 100 Å². The molecule has 3 aromatic heterocycles. The highest BCUT2D eigenvalue weighted by molar-refractivity contribution is 7.19. The minimum atomic E-state index is 0.150. The second-order valence-corrected chi connectivity index (χ2v) is 11.3. The van der Waals surface area contributed by atoms with Gasteiger partial charge in [0, 0.05) is 49.5 Å². The van der Waals surface area contributed by atoms with Crippen molar-refractivity contribution in [3.8, 4) is 0 Å². The van der Waals surface area contributed by atoms with Crippen molar-refractivity contribution in [1.29, 1.82) is 0 Å². The average Bonchev–Trinajstić information content (AvgIpc) is 3.46. The van der Waals surface area contributed by atoms with Crippen LogP contribution in [-0.4, -0.2) is 78.2 Å². The molecule has 9 heteroatoms. The zero-order valence-corrected chi connectivity index (χ0v) is 21.1. The molecular formula is C25H31N5O2S2. The van der Waals surface area contributed by atoms with Gasteiger partial charge in [-0.15, -0.1) is 11.3 Å². The maximum Gasteiger partial charge on any atom is 0.254 e. The van der Waals surface area contributed by atoms with E-state index in [1.54, 1.807) is 11.3 Å². The lowest BCUT2D eigenvalue weighted by Crippen LogP contribution is -2.37. The molecule has 5 heterocycles. The van der Waals surface area contributed by atoms with Crippen LogP contribution in [0.4, 0.5) is 5.82 Å². The van der Waals surface area contributed by atoms with Crippen LogP contribution in [0.2, 0.25) is 0 Å². The van der Waals surface area contributed by atoms with Gasteiger partial charge in [0.1, 0.15) is 16.5 Å². The summed E-state index contributed by atoms with van der Waals surface area (Å²) < 4.78 is 5.53. The SMILES string of the molecule is O=C(c1ccsc1)N1CCCN(c2nc(CN3CCOCC3)nc3sc4c(c23)CCCC4)CC1. The molecule has 0 N–H and O–H groups in total. The number of morpholine rings is 1. The normalized spacial score (nSPS) is 19.9. The summed E-state index contributed by atoms with van der Waals surface area (Å²) >= 11 is 3.46. The fourth-order valence-electron chi connectivity index (χ4n) is 5.34. The summed E-state index contributed by atoms with van der Waals surface area (Å²) in [6.07, 6.45) is 5.76.